The molecule has 10 heteroatoms. The minimum Gasteiger partial charge on any atom is -0.494 e. The van der Waals surface area contributed by atoms with Gasteiger partial charge in [-0.1, -0.05) is 31.2 Å². The molecule has 1 aliphatic heterocycles. The van der Waals surface area contributed by atoms with Crippen molar-refractivity contribution in [3.63, 3.8) is 0 Å². The fraction of sp³-hybridized carbons (Fsp3) is 0.462. The molecule has 1 saturated heterocycles. The first kappa shape index (κ1) is 25.7. The molecule has 36 heavy (non-hydrogen) atoms. The van der Waals surface area contributed by atoms with Crippen molar-refractivity contribution >= 4 is 17.1 Å². The van der Waals surface area contributed by atoms with Crippen LogP contribution in [0.2, 0.25) is 0 Å². The van der Waals surface area contributed by atoms with E-state index in [1.165, 1.54) is 29.9 Å². The summed E-state index contributed by atoms with van der Waals surface area (Å²) < 4.78 is 54.9. The largest absolute Gasteiger partial charge is 0.494 e. The molecule has 1 aliphatic rings. The molecule has 0 aliphatic carbocycles. The van der Waals surface area contributed by atoms with E-state index in [9.17, 15) is 22.8 Å². The third-order valence-corrected chi connectivity index (χ3v) is 6.37. The number of halogens is 3. The van der Waals surface area contributed by atoms with Crippen LogP contribution in [-0.2, 0) is 17.5 Å². The highest BCUT2D eigenvalue weighted by atomic mass is 19.4. The van der Waals surface area contributed by atoms with Crippen LogP contribution in [0.5, 0.6) is 5.75 Å². The number of hydrogen-bond donors (Lipinski definition) is 0. The highest BCUT2D eigenvalue weighted by molar-refractivity contribution is 5.83. The highest BCUT2D eigenvalue weighted by Gasteiger charge is 2.38. The number of methoxy groups -OCH3 is 1. The number of carbonyl (C=O) groups excluding carboxylic acids is 1. The zero-order valence-corrected chi connectivity index (χ0v) is 20.9. The van der Waals surface area contributed by atoms with Gasteiger partial charge in [-0.05, 0) is 50.5 Å². The number of ether oxygens (including phenoxy) is 2. The van der Waals surface area contributed by atoms with Gasteiger partial charge in [0, 0.05) is 13.1 Å². The lowest BCUT2D eigenvalue weighted by atomic mass is 10.1. The lowest BCUT2D eigenvalue weighted by Crippen LogP contribution is -2.36. The number of likely N-dealkylation sites (tertiary alicyclic amines) is 1. The molecule has 3 aromatic rings. The van der Waals surface area contributed by atoms with Crippen LogP contribution >= 0.6 is 0 Å². The molecule has 0 saturated carbocycles. The fourth-order valence-corrected chi connectivity index (χ4v) is 4.80. The average Bonchev–Trinajstić information content (AvgIpc) is 3.29. The molecule has 1 aromatic heterocycles. The topological polar surface area (TPSA) is 65.7 Å². The summed E-state index contributed by atoms with van der Waals surface area (Å²) in [6.07, 6.45) is -5.03. The summed E-state index contributed by atoms with van der Waals surface area (Å²) in [4.78, 5) is 28.1. The van der Waals surface area contributed by atoms with Crippen molar-refractivity contribution in [3.8, 4) is 5.75 Å². The van der Waals surface area contributed by atoms with E-state index in [2.05, 4.69) is 0 Å². The molecule has 0 bridgehead atoms. The van der Waals surface area contributed by atoms with Gasteiger partial charge in [-0.15, -0.1) is 0 Å². The van der Waals surface area contributed by atoms with Crippen molar-refractivity contribution < 1.29 is 27.4 Å². The van der Waals surface area contributed by atoms with Crippen molar-refractivity contribution in [1.29, 1.82) is 0 Å². The van der Waals surface area contributed by atoms with Crippen LogP contribution in [0.4, 0.5) is 18.0 Å². The van der Waals surface area contributed by atoms with Gasteiger partial charge in [0.25, 0.3) is 0 Å². The molecular formula is C26H30F3N3O4. The summed E-state index contributed by atoms with van der Waals surface area (Å²) in [5.74, 6) is 0.283. The summed E-state index contributed by atoms with van der Waals surface area (Å²) in [5, 5.41) is 0. The molecule has 7 nitrogen and oxygen atoms in total. The van der Waals surface area contributed by atoms with E-state index in [-0.39, 0.29) is 24.6 Å². The van der Waals surface area contributed by atoms with Crippen LogP contribution < -0.4 is 10.4 Å². The number of fused-ring (bicyclic) bond motifs is 1. The average molecular weight is 506 g/mol. The summed E-state index contributed by atoms with van der Waals surface area (Å²) in [6.45, 7) is 7.63. The normalized spacial score (nSPS) is 18.6. The Morgan fingerprint density at radius 2 is 1.75 bits per heavy atom. The maximum atomic E-state index is 13.8. The van der Waals surface area contributed by atoms with Crippen LogP contribution in [0.3, 0.4) is 0 Å². The van der Waals surface area contributed by atoms with Gasteiger partial charge in [-0.3, -0.25) is 9.13 Å². The van der Waals surface area contributed by atoms with Gasteiger partial charge in [-0.2, -0.15) is 13.2 Å². The Morgan fingerprint density at radius 3 is 2.39 bits per heavy atom. The molecule has 2 aromatic carbocycles. The van der Waals surface area contributed by atoms with E-state index in [0.29, 0.717) is 23.3 Å². The zero-order chi connectivity index (χ0) is 26.4. The van der Waals surface area contributed by atoms with E-state index in [1.807, 2.05) is 6.92 Å². The number of carbonyl (C=O) groups is 1. The second kappa shape index (κ2) is 9.22. The van der Waals surface area contributed by atoms with Crippen LogP contribution in [-0.4, -0.2) is 45.9 Å². The van der Waals surface area contributed by atoms with E-state index in [1.54, 1.807) is 48.4 Å². The number of aromatic nitrogens is 2. The zero-order valence-electron chi connectivity index (χ0n) is 20.9. The SMILES string of the molecule is COc1cccc2c1n(Cc1ccccc1C(F)(F)F)c(=O)n2[C@H]1CN(C(=O)OC(C)(C)C)C[C@@H]1C. The molecule has 0 N–H and O–H groups in total. The molecule has 194 valence electrons. The summed E-state index contributed by atoms with van der Waals surface area (Å²) in [7, 11) is 1.45. The first-order chi connectivity index (χ1) is 16.8. The van der Waals surface area contributed by atoms with Gasteiger partial charge in [0.05, 0.1) is 30.8 Å². The molecule has 1 fully saturated rings. The first-order valence-electron chi connectivity index (χ1n) is 11.7. The Kier molecular flexibility index (Phi) is 6.57. The van der Waals surface area contributed by atoms with E-state index in [0.717, 1.165) is 6.07 Å². The minimum absolute atomic E-state index is 0.0214. The van der Waals surface area contributed by atoms with E-state index in [4.69, 9.17) is 9.47 Å². The molecule has 1 amide bonds. The van der Waals surface area contributed by atoms with Gasteiger partial charge in [-0.25, -0.2) is 9.59 Å². The van der Waals surface area contributed by atoms with E-state index >= 15 is 0 Å². The third kappa shape index (κ3) is 4.81. The Morgan fingerprint density at radius 1 is 1.06 bits per heavy atom. The Hall–Kier alpha value is -3.43. The maximum Gasteiger partial charge on any atom is 0.416 e. The van der Waals surface area contributed by atoms with Crippen molar-refractivity contribution in [2.24, 2.45) is 5.92 Å². The van der Waals surface area contributed by atoms with E-state index < -0.39 is 35.2 Å². The minimum atomic E-state index is -4.56. The van der Waals surface area contributed by atoms with Crippen LogP contribution in [0, 0.1) is 5.92 Å². The first-order valence-corrected chi connectivity index (χ1v) is 11.7. The Bertz CT molecular complexity index is 1340. The standard InChI is InChI=1S/C26H30F3N3O4/c1-16-13-30(24(34)36-25(2,3)4)15-20(16)32-19-11-8-12-21(35-5)22(19)31(23(32)33)14-17-9-6-7-10-18(17)26(27,28)29/h6-12,16,20H,13-15H2,1-5H3/t16-,20-/m0/s1. The fourth-order valence-electron chi connectivity index (χ4n) is 4.80. The molecule has 0 spiro atoms. The van der Waals surface area contributed by atoms with Gasteiger partial charge in [0.15, 0.2) is 0 Å². The summed E-state index contributed by atoms with van der Waals surface area (Å²) in [6, 6.07) is 9.98. The smallest absolute Gasteiger partial charge is 0.416 e. The van der Waals surface area contributed by atoms with Crippen molar-refractivity contribution in [3.05, 3.63) is 64.1 Å². The number of nitrogens with zero attached hydrogens (tertiary/aromatic N) is 3. The predicted octanol–water partition coefficient (Wildman–Crippen LogP) is 5.31. The highest BCUT2D eigenvalue weighted by Crippen LogP contribution is 2.35. The second-order valence-electron chi connectivity index (χ2n) is 10.2. The van der Waals surface area contributed by atoms with Gasteiger partial charge in [0.1, 0.15) is 16.9 Å². The van der Waals surface area contributed by atoms with Gasteiger partial charge in [0.2, 0.25) is 0 Å². The predicted molar refractivity (Wildman–Crippen MR) is 129 cm³/mol. The number of amides is 1. The molecule has 2 heterocycles. The molecule has 0 unspecified atom stereocenters. The van der Waals surface area contributed by atoms with Crippen molar-refractivity contribution in [2.75, 3.05) is 20.2 Å². The van der Waals surface area contributed by atoms with Crippen LogP contribution in [0.15, 0.2) is 47.3 Å². The van der Waals surface area contributed by atoms with Crippen LogP contribution in [0.1, 0.15) is 44.9 Å². The maximum absolute atomic E-state index is 13.8. The van der Waals surface area contributed by atoms with Crippen molar-refractivity contribution in [1.82, 2.24) is 14.0 Å². The monoisotopic (exact) mass is 505 g/mol. The number of para-hydroxylation sites is 1. The summed E-state index contributed by atoms with van der Waals surface area (Å²) >= 11 is 0. The number of hydrogen-bond acceptors (Lipinski definition) is 4. The Labute approximate surface area is 207 Å². The van der Waals surface area contributed by atoms with Crippen molar-refractivity contribution in [2.45, 2.75) is 52.1 Å². The number of imidazole rings is 1. The van der Waals surface area contributed by atoms with Gasteiger partial charge < -0.3 is 14.4 Å². The van der Waals surface area contributed by atoms with Crippen LogP contribution in [0.25, 0.3) is 11.0 Å². The molecular weight excluding hydrogens is 475 g/mol. The Balaban J connectivity index is 1.82. The quantitative estimate of drug-likeness (QED) is 0.482. The third-order valence-electron chi connectivity index (χ3n) is 6.37. The molecule has 2 atom stereocenters. The molecule has 0 radical (unpaired) electrons. The lowest BCUT2D eigenvalue weighted by Gasteiger charge is -2.24. The second-order valence-corrected chi connectivity index (χ2v) is 10.2. The number of alkyl halides is 3. The molecule has 4 rings (SSSR count). The lowest BCUT2D eigenvalue weighted by molar-refractivity contribution is -0.138. The number of rotatable bonds is 4. The summed E-state index contributed by atoms with van der Waals surface area (Å²) in [5.41, 5.74) is -0.999. The number of benzene rings is 2. The van der Waals surface area contributed by atoms with Gasteiger partial charge >= 0.3 is 18.0 Å².